The third kappa shape index (κ3) is 2.76. The van der Waals surface area contributed by atoms with Crippen molar-refractivity contribution in [2.75, 3.05) is 26.6 Å². The molecule has 7 nitrogen and oxygen atoms in total. The Labute approximate surface area is 150 Å². The molecule has 2 aromatic carbocycles. The zero-order valence-electron chi connectivity index (χ0n) is 14.7. The normalized spacial score (nSPS) is 18.1. The first-order valence-electron chi connectivity index (χ1n) is 7.91. The minimum atomic E-state index is -1.92. The van der Waals surface area contributed by atoms with Crippen molar-refractivity contribution in [3.8, 4) is 17.2 Å². The molecule has 0 radical (unpaired) electrons. The molecule has 1 amide bonds. The molecule has 1 heterocycles. The molecule has 3 rings (SSSR count). The Morgan fingerprint density at radius 2 is 1.69 bits per heavy atom. The van der Waals surface area contributed by atoms with Crippen molar-refractivity contribution >= 4 is 17.4 Å². The van der Waals surface area contributed by atoms with Gasteiger partial charge in [-0.25, -0.2) is 0 Å². The summed E-state index contributed by atoms with van der Waals surface area (Å²) < 4.78 is 15.7. The summed E-state index contributed by atoms with van der Waals surface area (Å²) in [6, 6.07) is 9.72. The highest BCUT2D eigenvalue weighted by Crippen LogP contribution is 2.41. The second kappa shape index (κ2) is 6.68. The van der Waals surface area contributed by atoms with Crippen LogP contribution in [0.5, 0.6) is 17.2 Å². The molecular formula is C19H19NO6. The zero-order valence-corrected chi connectivity index (χ0v) is 14.7. The van der Waals surface area contributed by atoms with Crippen molar-refractivity contribution in [1.82, 2.24) is 0 Å². The summed E-state index contributed by atoms with van der Waals surface area (Å²) in [5, 5.41) is 13.5. The predicted molar refractivity (Wildman–Crippen MR) is 94.0 cm³/mol. The number of Topliss-reactive ketones (excluding diaryl/α,β-unsaturated/α-hetero) is 1. The SMILES string of the molecule is COc1cc(C(=O)C[C@]2(O)C(=O)Nc3ccccc32)cc(OC)c1OC. The maximum atomic E-state index is 12.8. The lowest BCUT2D eigenvalue weighted by molar-refractivity contribution is -0.133. The number of amides is 1. The largest absolute Gasteiger partial charge is 0.493 e. The number of carbonyl (C=O) groups is 2. The molecule has 7 heteroatoms. The number of benzene rings is 2. The second-order valence-corrected chi connectivity index (χ2v) is 5.87. The van der Waals surface area contributed by atoms with Crippen molar-refractivity contribution < 1.29 is 28.9 Å². The molecule has 0 spiro atoms. The molecule has 1 aliphatic rings. The molecule has 2 N–H and O–H groups in total. The van der Waals surface area contributed by atoms with Crippen LogP contribution >= 0.6 is 0 Å². The number of methoxy groups -OCH3 is 3. The van der Waals surface area contributed by atoms with E-state index < -0.39 is 23.7 Å². The van der Waals surface area contributed by atoms with E-state index in [0.717, 1.165) is 0 Å². The molecule has 0 fully saturated rings. The summed E-state index contributed by atoms with van der Waals surface area (Å²) in [6.07, 6.45) is -0.408. The van der Waals surface area contributed by atoms with Gasteiger partial charge in [0, 0.05) is 16.8 Å². The van der Waals surface area contributed by atoms with E-state index in [1.807, 2.05) is 0 Å². The summed E-state index contributed by atoms with van der Waals surface area (Å²) in [4.78, 5) is 25.1. The predicted octanol–water partition coefficient (Wildman–Crippen LogP) is 2.13. The number of hydrogen-bond donors (Lipinski definition) is 2. The molecule has 2 aromatic rings. The zero-order chi connectivity index (χ0) is 18.9. The van der Waals surface area contributed by atoms with Gasteiger partial charge in [0.05, 0.1) is 27.8 Å². The number of hydrogen-bond acceptors (Lipinski definition) is 6. The maximum Gasteiger partial charge on any atom is 0.261 e. The number of aliphatic hydroxyl groups is 1. The number of rotatable bonds is 6. The van der Waals surface area contributed by atoms with Gasteiger partial charge in [0.15, 0.2) is 22.9 Å². The van der Waals surface area contributed by atoms with Crippen LogP contribution in [0.15, 0.2) is 36.4 Å². The van der Waals surface area contributed by atoms with E-state index in [9.17, 15) is 14.7 Å². The van der Waals surface area contributed by atoms with Gasteiger partial charge in [-0.3, -0.25) is 9.59 Å². The number of ether oxygens (including phenoxy) is 3. The molecule has 26 heavy (non-hydrogen) atoms. The third-order valence-electron chi connectivity index (χ3n) is 4.40. The molecule has 136 valence electrons. The number of carbonyl (C=O) groups excluding carboxylic acids is 2. The highest BCUT2D eigenvalue weighted by molar-refractivity contribution is 6.09. The number of fused-ring (bicyclic) bond motifs is 1. The Kier molecular flexibility index (Phi) is 4.56. The van der Waals surface area contributed by atoms with Crippen molar-refractivity contribution in [3.05, 3.63) is 47.5 Å². The average molecular weight is 357 g/mol. The van der Waals surface area contributed by atoms with E-state index >= 15 is 0 Å². The van der Waals surface area contributed by atoms with Crippen LogP contribution in [0, 0.1) is 0 Å². The van der Waals surface area contributed by atoms with Gasteiger partial charge in [0.1, 0.15) is 0 Å². The van der Waals surface area contributed by atoms with E-state index in [0.29, 0.717) is 28.5 Å². The highest BCUT2D eigenvalue weighted by atomic mass is 16.5. The quantitative estimate of drug-likeness (QED) is 0.769. The van der Waals surface area contributed by atoms with Crippen LogP contribution in [-0.4, -0.2) is 38.1 Å². The van der Waals surface area contributed by atoms with Gasteiger partial charge >= 0.3 is 0 Å². The molecule has 0 aliphatic carbocycles. The molecule has 0 bridgehead atoms. The number of anilines is 1. The topological polar surface area (TPSA) is 94.1 Å². The maximum absolute atomic E-state index is 12.8. The van der Waals surface area contributed by atoms with E-state index in [1.165, 1.54) is 33.5 Å². The number of nitrogens with one attached hydrogen (secondary N) is 1. The fourth-order valence-corrected chi connectivity index (χ4v) is 3.05. The first-order chi connectivity index (χ1) is 12.4. The highest BCUT2D eigenvalue weighted by Gasteiger charge is 2.46. The molecule has 1 aliphatic heterocycles. The monoisotopic (exact) mass is 357 g/mol. The van der Waals surface area contributed by atoms with Crippen LogP contribution in [0.1, 0.15) is 22.3 Å². The van der Waals surface area contributed by atoms with Gasteiger partial charge in [0.2, 0.25) is 5.75 Å². The lowest BCUT2D eigenvalue weighted by Gasteiger charge is -2.20. The number of para-hydroxylation sites is 1. The van der Waals surface area contributed by atoms with E-state index in [-0.39, 0.29) is 5.56 Å². The van der Waals surface area contributed by atoms with Crippen LogP contribution in [0.25, 0.3) is 0 Å². The fraction of sp³-hybridized carbons (Fsp3) is 0.263. The smallest absolute Gasteiger partial charge is 0.261 e. The van der Waals surface area contributed by atoms with Crippen molar-refractivity contribution in [2.45, 2.75) is 12.0 Å². The Bertz CT molecular complexity index is 853. The van der Waals surface area contributed by atoms with Gasteiger partial charge in [0.25, 0.3) is 5.91 Å². The molecule has 0 saturated carbocycles. The molecule has 0 aromatic heterocycles. The minimum Gasteiger partial charge on any atom is -0.493 e. The molecule has 1 atom stereocenters. The van der Waals surface area contributed by atoms with E-state index in [1.54, 1.807) is 24.3 Å². The summed E-state index contributed by atoms with van der Waals surface area (Å²) in [5.74, 6) is -0.0655. The minimum absolute atomic E-state index is 0.241. The lowest BCUT2D eigenvalue weighted by Crippen LogP contribution is -2.36. The van der Waals surface area contributed by atoms with Gasteiger partial charge in [-0.2, -0.15) is 0 Å². The summed E-state index contributed by atoms with van der Waals surface area (Å²) in [6.45, 7) is 0. The Morgan fingerprint density at radius 3 is 2.27 bits per heavy atom. The standard InChI is InChI=1S/C19H19NO6/c1-24-15-8-11(9-16(25-2)17(15)26-3)14(21)10-19(23)12-6-4-5-7-13(12)20-18(19)22/h4-9,23H,10H2,1-3H3,(H,20,22)/t19-/m1/s1. The van der Waals surface area contributed by atoms with E-state index in [2.05, 4.69) is 5.32 Å². The summed E-state index contributed by atoms with van der Waals surface area (Å²) in [5.41, 5.74) is -0.803. The molecule has 0 saturated heterocycles. The summed E-state index contributed by atoms with van der Waals surface area (Å²) in [7, 11) is 4.35. The van der Waals surface area contributed by atoms with Crippen LogP contribution in [0.3, 0.4) is 0 Å². The van der Waals surface area contributed by atoms with E-state index in [4.69, 9.17) is 14.2 Å². The first kappa shape index (κ1) is 17.8. The van der Waals surface area contributed by atoms with Crippen LogP contribution in [0.2, 0.25) is 0 Å². The Morgan fingerprint density at radius 1 is 1.08 bits per heavy atom. The van der Waals surface area contributed by atoms with Crippen LogP contribution in [0.4, 0.5) is 5.69 Å². The van der Waals surface area contributed by atoms with Crippen molar-refractivity contribution in [1.29, 1.82) is 0 Å². The third-order valence-corrected chi connectivity index (χ3v) is 4.40. The molecular weight excluding hydrogens is 338 g/mol. The van der Waals surface area contributed by atoms with Crippen LogP contribution < -0.4 is 19.5 Å². The van der Waals surface area contributed by atoms with Gasteiger partial charge in [-0.05, 0) is 18.2 Å². The summed E-state index contributed by atoms with van der Waals surface area (Å²) >= 11 is 0. The Balaban J connectivity index is 1.97. The van der Waals surface area contributed by atoms with Crippen molar-refractivity contribution in [2.24, 2.45) is 0 Å². The van der Waals surface area contributed by atoms with Crippen molar-refractivity contribution in [3.63, 3.8) is 0 Å². The molecule has 0 unspecified atom stereocenters. The van der Waals surface area contributed by atoms with Gasteiger partial charge < -0.3 is 24.6 Å². The van der Waals surface area contributed by atoms with Gasteiger partial charge in [-0.1, -0.05) is 18.2 Å². The Hall–Kier alpha value is -3.06. The lowest BCUT2D eigenvalue weighted by atomic mass is 9.88. The second-order valence-electron chi connectivity index (χ2n) is 5.87. The van der Waals surface area contributed by atoms with Crippen LogP contribution in [-0.2, 0) is 10.4 Å². The number of ketones is 1. The first-order valence-corrected chi connectivity index (χ1v) is 7.91. The fourth-order valence-electron chi connectivity index (χ4n) is 3.05. The average Bonchev–Trinajstić information content (AvgIpc) is 2.90. The van der Waals surface area contributed by atoms with Gasteiger partial charge in [-0.15, -0.1) is 0 Å².